The molecule has 2 N–H and O–H groups in total. The molecule has 0 heterocycles. The quantitative estimate of drug-likeness (QED) is 0.717. The van der Waals surface area contributed by atoms with Crippen LogP contribution in [0.1, 0.15) is 23.1 Å². The van der Waals surface area contributed by atoms with Crippen molar-refractivity contribution in [1.82, 2.24) is 10.6 Å². The van der Waals surface area contributed by atoms with Crippen LogP contribution in [0.15, 0.2) is 42.5 Å². The molecule has 0 aliphatic rings. The fourth-order valence-electron chi connectivity index (χ4n) is 2.55. The molecule has 0 atom stereocenters. The van der Waals surface area contributed by atoms with Crippen molar-refractivity contribution in [3.63, 3.8) is 0 Å². The van der Waals surface area contributed by atoms with Crippen molar-refractivity contribution in [3.8, 4) is 5.75 Å². The van der Waals surface area contributed by atoms with Gasteiger partial charge in [-0.1, -0.05) is 30.3 Å². The summed E-state index contributed by atoms with van der Waals surface area (Å²) in [5.41, 5.74) is 3.09. The molecule has 4 nitrogen and oxygen atoms in total. The summed E-state index contributed by atoms with van der Waals surface area (Å²) in [5, 5.41) is 5.56. The number of amides is 2. The van der Waals surface area contributed by atoms with Crippen molar-refractivity contribution < 1.29 is 13.9 Å². The van der Waals surface area contributed by atoms with Crippen LogP contribution in [-0.4, -0.2) is 25.7 Å². The average molecular weight is 344 g/mol. The number of aryl methyl sites for hydroxylation is 2. The van der Waals surface area contributed by atoms with Crippen molar-refractivity contribution in [1.29, 1.82) is 0 Å². The summed E-state index contributed by atoms with van der Waals surface area (Å²) in [7, 11) is 0. The fraction of sp³-hybridized carbons (Fsp3) is 0.350. The fourth-order valence-corrected chi connectivity index (χ4v) is 2.55. The number of hydrogen-bond acceptors (Lipinski definition) is 2. The summed E-state index contributed by atoms with van der Waals surface area (Å²) >= 11 is 0. The molecule has 134 valence electrons. The molecule has 0 aliphatic carbocycles. The number of halogens is 1. The van der Waals surface area contributed by atoms with Gasteiger partial charge in [-0.3, -0.25) is 0 Å². The van der Waals surface area contributed by atoms with E-state index in [4.69, 9.17) is 4.74 Å². The van der Waals surface area contributed by atoms with Gasteiger partial charge in [0, 0.05) is 13.1 Å². The summed E-state index contributed by atoms with van der Waals surface area (Å²) in [4.78, 5) is 11.7. The molecule has 0 aromatic heterocycles. The third-order valence-electron chi connectivity index (χ3n) is 3.85. The monoisotopic (exact) mass is 344 g/mol. The number of rotatable bonds is 8. The zero-order valence-corrected chi connectivity index (χ0v) is 14.8. The predicted molar refractivity (Wildman–Crippen MR) is 97.5 cm³/mol. The summed E-state index contributed by atoms with van der Waals surface area (Å²) < 4.78 is 18.8. The molecule has 0 saturated heterocycles. The van der Waals surface area contributed by atoms with Crippen LogP contribution in [-0.2, 0) is 6.42 Å². The molecule has 0 spiro atoms. The molecular weight excluding hydrogens is 319 g/mol. The first-order chi connectivity index (χ1) is 12.1. The maximum atomic E-state index is 13.1. The second-order valence-corrected chi connectivity index (χ2v) is 5.99. The Balaban J connectivity index is 1.58. The lowest BCUT2D eigenvalue weighted by Crippen LogP contribution is -2.37. The molecule has 0 fully saturated rings. The van der Waals surface area contributed by atoms with Gasteiger partial charge in [0.1, 0.15) is 11.6 Å². The van der Waals surface area contributed by atoms with Crippen molar-refractivity contribution in [2.45, 2.75) is 26.7 Å². The number of carbonyl (C=O) groups excluding carboxylic acids is 1. The van der Waals surface area contributed by atoms with Crippen molar-refractivity contribution in [2.24, 2.45) is 0 Å². The van der Waals surface area contributed by atoms with E-state index in [1.54, 1.807) is 6.07 Å². The average Bonchev–Trinajstić information content (AvgIpc) is 2.57. The summed E-state index contributed by atoms with van der Waals surface area (Å²) in [5.74, 6) is 0.660. The first-order valence-corrected chi connectivity index (χ1v) is 8.51. The van der Waals surface area contributed by atoms with Crippen LogP contribution < -0.4 is 15.4 Å². The minimum Gasteiger partial charge on any atom is -0.493 e. The Labute approximate surface area is 148 Å². The number of carbonyl (C=O) groups is 1. The molecule has 2 rings (SSSR count). The zero-order chi connectivity index (χ0) is 18.1. The van der Waals surface area contributed by atoms with Gasteiger partial charge < -0.3 is 15.4 Å². The summed E-state index contributed by atoms with van der Waals surface area (Å²) in [6, 6.07) is 12.2. The highest BCUT2D eigenvalue weighted by atomic mass is 19.1. The Bertz CT molecular complexity index is 684. The highest BCUT2D eigenvalue weighted by Gasteiger charge is 2.03. The van der Waals surface area contributed by atoms with Gasteiger partial charge in [0.25, 0.3) is 0 Å². The molecule has 5 heteroatoms. The van der Waals surface area contributed by atoms with Gasteiger partial charge in [-0.15, -0.1) is 0 Å². The van der Waals surface area contributed by atoms with Gasteiger partial charge in [0.05, 0.1) is 6.61 Å². The van der Waals surface area contributed by atoms with Crippen LogP contribution in [0, 0.1) is 19.7 Å². The van der Waals surface area contributed by atoms with Gasteiger partial charge >= 0.3 is 6.03 Å². The van der Waals surface area contributed by atoms with Crippen molar-refractivity contribution in [3.05, 3.63) is 65.0 Å². The molecular formula is C20H25FN2O2. The maximum Gasteiger partial charge on any atom is 0.314 e. The minimum absolute atomic E-state index is 0.219. The van der Waals surface area contributed by atoms with Crippen molar-refractivity contribution >= 4 is 6.03 Å². The number of benzene rings is 2. The number of nitrogens with one attached hydrogen (secondary N) is 2. The van der Waals surface area contributed by atoms with Crippen LogP contribution in [0.5, 0.6) is 5.75 Å². The largest absolute Gasteiger partial charge is 0.493 e. The normalized spacial score (nSPS) is 10.4. The van der Waals surface area contributed by atoms with E-state index in [0.717, 1.165) is 28.9 Å². The molecule has 0 saturated carbocycles. The standard InChI is InChI=1S/C20H25FN2O2/c1-15-6-3-7-16(2)19(15)25-13-5-11-22-20(24)23-12-10-17-8-4-9-18(21)14-17/h3-4,6-9,14H,5,10-13H2,1-2H3,(H2,22,23,24). The number of para-hydroxylation sites is 1. The first kappa shape index (κ1) is 18.8. The van der Waals surface area contributed by atoms with Crippen LogP contribution in [0.3, 0.4) is 0 Å². The van der Waals surface area contributed by atoms with Crippen LogP contribution in [0.25, 0.3) is 0 Å². The van der Waals surface area contributed by atoms with Gasteiger partial charge in [0.2, 0.25) is 0 Å². The third-order valence-corrected chi connectivity index (χ3v) is 3.85. The first-order valence-electron chi connectivity index (χ1n) is 8.51. The number of ether oxygens (including phenoxy) is 1. The van der Waals surface area contributed by atoms with Crippen molar-refractivity contribution in [2.75, 3.05) is 19.7 Å². The van der Waals surface area contributed by atoms with E-state index in [0.29, 0.717) is 26.1 Å². The molecule has 25 heavy (non-hydrogen) atoms. The lowest BCUT2D eigenvalue weighted by Gasteiger charge is -2.12. The molecule has 2 aromatic rings. The summed E-state index contributed by atoms with van der Waals surface area (Å²) in [6.07, 6.45) is 1.33. The lowest BCUT2D eigenvalue weighted by atomic mass is 10.1. The van der Waals surface area contributed by atoms with E-state index in [1.807, 2.05) is 38.1 Å². The van der Waals surface area contributed by atoms with Crippen LogP contribution in [0.2, 0.25) is 0 Å². The van der Waals surface area contributed by atoms with Gasteiger partial charge in [-0.25, -0.2) is 9.18 Å². The number of hydrogen-bond donors (Lipinski definition) is 2. The van der Waals surface area contributed by atoms with E-state index in [1.165, 1.54) is 12.1 Å². The Kier molecular flexibility index (Phi) is 7.26. The highest BCUT2D eigenvalue weighted by Crippen LogP contribution is 2.22. The maximum absolute atomic E-state index is 13.1. The molecule has 2 amide bonds. The summed E-state index contributed by atoms with van der Waals surface area (Å²) in [6.45, 7) is 5.60. The van der Waals surface area contributed by atoms with Gasteiger partial charge in [-0.05, 0) is 55.5 Å². The predicted octanol–water partition coefficient (Wildman–Crippen LogP) is 3.75. The zero-order valence-electron chi connectivity index (χ0n) is 14.8. The topological polar surface area (TPSA) is 50.4 Å². The van der Waals surface area contributed by atoms with Gasteiger partial charge in [-0.2, -0.15) is 0 Å². The van der Waals surface area contributed by atoms with Gasteiger partial charge in [0.15, 0.2) is 0 Å². The Hall–Kier alpha value is -2.56. The third kappa shape index (κ3) is 6.45. The van der Waals surface area contributed by atoms with E-state index < -0.39 is 0 Å². The Morgan fingerprint density at radius 1 is 1.04 bits per heavy atom. The lowest BCUT2D eigenvalue weighted by molar-refractivity contribution is 0.239. The van der Waals surface area contributed by atoms with E-state index in [2.05, 4.69) is 10.6 Å². The molecule has 0 bridgehead atoms. The molecule has 2 aromatic carbocycles. The second kappa shape index (κ2) is 9.67. The number of urea groups is 1. The Morgan fingerprint density at radius 2 is 1.72 bits per heavy atom. The Morgan fingerprint density at radius 3 is 2.44 bits per heavy atom. The van der Waals surface area contributed by atoms with E-state index >= 15 is 0 Å². The van der Waals surface area contributed by atoms with E-state index in [-0.39, 0.29) is 11.8 Å². The molecule has 0 aliphatic heterocycles. The highest BCUT2D eigenvalue weighted by molar-refractivity contribution is 5.73. The molecule has 0 radical (unpaired) electrons. The van der Waals surface area contributed by atoms with Crippen LogP contribution >= 0.6 is 0 Å². The molecule has 0 unspecified atom stereocenters. The van der Waals surface area contributed by atoms with E-state index in [9.17, 15) is 9.18 Å². The second-order valence-electron chi connectivity index (χ2n) is 5.99. The SMILES string of the molecule is Cc1cccc(C)c1OCCCNC(=O)NCCc1cccc(F)c1. The minimum atomic E-state index is -0.258. The smallest absolute Gasteiger partial charge is 0.314 e. The van der Waals surface area contributed by atoms with Crippen LogP contribution in [0.4, 0.5) is 9.18 Å².